The predicted octanol–water partition coefficient (Wildman–Crippen LogP) is 3.98. The van der Waals surface area contributed by atoms with E-state index in [2.05, 4.69) is 0 Å². The summed E-state index contributed by atoms with van der Waals surface area (Å²) in [5.41, 5.74) is 2.64. The maximum Gasteiger partial charge on any atom is 0.343 e. The second-order valence-corrected chi connectivity index (χ2v) is 7.31. The van der Waals surface area contributed by atoms with Crippen molar-refractivity contribution in [1.82, 2.24) is 0 Å². The molecule has 1 aliphatic heterocycles. The molecule has 2 aliphatic rings. The van der Waals surface area contributed by atoms with E-state index in [-0.39, 0.29) is 23.7 Å². The van der Waals surface area contributed by atoms with E-state index in [0.29, 0.717) is 29.8 Å². The number of benzene rings is 2. The Kier molecular flexibility index (Phi) is 4.59. The molecule has 1 aliphatic carbocycles. The van der Waals surface area contributed by atoms with Gasteiger partial charge in [-0.2, -0.15) is 0 Å². The van der Waals surface area contributed by atoms with Crippen molar-refractivity contribution in [2.24, 2.45) is 11.8 Å². The zero-order chi connectivity index (χ0) is 19.8. The van der Waals surface area contributed by atoms with Crippen molar-refractivity contribution >= 4 is 23.5 Å². The second-order valence-electron chi connectivity index (χ2n) is 7.31. The maximum absolute atomic E-state index is 12.8. The number of nitrogens with zero attached hydrogens (tertiary/aromatic N) is 1. The first kappa shape index (κ1) is 18.2. The first-order chi connectivity index (χ1) is 13.5. The first-order valence-corrected chi connectivity index (χ1v) is 9.38. The number of rotatable bonds is 3. The van der Waals surface area contributed by atoms with Gasteiger partial charge in [0.05, 0.1) is 23.1 Å². The van der Waals surface area contributed by atoms with Gasteiger partial charge in [0.1, 0.15) is 5.75 Å². The molecule has 1 saturated heterocycles. The third-order valence-electron chi connectivity index (χ3n) is 5.61. The van der Waals surface area contributed by atoms with Gasteiger partial charge in [-0.15, -0.1) is 0 Å². The molecule has 5 nitrogen and oxygen atoms in total. The van der Waals surface area contributed by atoms with Gasteiger partial charge in [-0.3, -0.25) is 14.5 Å². The Morgan fingerprint density at radius 2 is 1.61 bits per heavy atom. The van der Waals surface area contributed by atoms with E-state index >= 15 is 0 Å². The molecule has 2 atom stereocenters. The van der Waals surface area contributed by atoms with Gasteiger partial charge in [-0.1, -0.05) is 30.4 Å². The third-order valence-corrected chi connectivity index (χ3v) is 5.61. The third kappa shape index (κ3) is 3.03. The van der Waals surface area contributed by atoms with Crippen LogP contribution in [-0.2, 0) is 9.59 Å². The lowest BCUT2D eigenvalue weighted by Crippen LogP contribution is -2.31. The normalized spacial score (nSPS) is 21.0. The number of fused-ring (bicyclic) bond motifs is 1. The van der Waals surface area contributed by atoms with E-state index in [1.807, 2.05) is 38.1 Å². The SMILES string of the molecule is Cc1cccc(OC(=O)c2cccc(N3C(=O)[C@@H]4CC=CC[C@H]4C3=O)c2)c1C. The van der Waals surface area contributed by atoms with Crippen LogP contribution in [0.25, 0.3) is 0 Å². The average Bonchev–Trinajstić information content (AvgIpc) is 2.96. The van der Waals surface area contributed by atoms with Crippen molar-refractivity contribution in [3.05, 3.63) is 71.3 Å². The Labute approximate surface area is 163 Å². The highest BCUT2D eigenvalue weighted by molar-refractivity contribution is 6.22. The molecule has 0 bridgehead atoms. The zero-order valence-corrected chi connectivity index (χ0v) is 15.8. The number of aryl methyl sites for hydroxylation is 1. The molecule has 0 spiro atoms. The Morgan fingerprint density at radius 1 is 0.964 bits per heavy atom. The molecule has 4 rings (SSSR count). The van der Waals surface area contributed by atoms with Crippen LogP contribution in [0.5, 0.6) is 5.75 Å². The van der Waals surface area contributed by atoms with Crippen LogP contribution < -0.4 is 9.64 Å². The highest BCUT2D eigenvalue weighted by Gasteiger charge is 2.47. The summed E-state index contributed by atoms with van der Waals surface area (Å²) in [6.07, 6.45) is 5.07. The number of carbonyl (C=O) groups excluding carboxylic acids is 3. The minimum Gasteiger partial charge on any atom is -0.423 e. The van der Waals surface area contributed by atoms with Gasteiger partial charge >= 0.3 is 5.97 Å². The molecule has 0 aromatic heterocycles. The molecule has 0 N–H and O–H groups in total. The van der Waals surface area contributed by atoms with E-state index in [0.717, 1.165) is 11.1 Å². The molecule has 0 unspecified atom stereocenters. The minimum absolute atomic E-state index is 0.195. The molecule has 0 radical (unpaired) electrons. The molecule has 2 aromatic carbocycles. The van der Waals surface area contributed by atoms with Crippen molar-refractivity contribution in [2.45, 2.75) is 26.7 Å². The summed E-state index contributed by atoms with van der Waals surface area (Å²) in [5, 5.41) is 0. The van der Waals surface area contributed by atoms with Crippen molar-refractivity contribution in [3.8, 4) is 5.75 Å². The number of esters is 1. The van der Waals surface area contributed by atoms with E-state index < -0.39 is 5.97 Å². The lowest BCUT2D eigenvalue weighted by atomic mass is 9.85. The van der Waals surface area contributed by atoms with E-state index in [9.17, 15) is 14.4 Å². The van der Waals surface area contributed by atoms with Gasteiger partial charge in [0.15, 0.2) is 0 Å². The Balaban J connectivity index is 1.60. The lowest BCUT2D eigenvalue weighted by molar-refractivity contribution is -0.122. The monoisotopic (exact) mass is 375 g/mol. The quantitative estimate of drug-likeness (QED) is 0.352. The van der Waals surface area contributed by atoms with Gasteiger partial charge in [0.2, 0.25) is 11.8 Å². The van der Waals surface area contributed by atoms with Crippen molar-refractivity contribution < 1.29 is 19.1 Å². The fraction of sp³-hybridized carbons (Fsp3) is 0.261. The summed E-state index contributed by atoms with van der Waals surface area (Å²) < 4.78 is 5.54. The summed E-state index contributed by atoms with van der Waals surface area (Å²) in [5.74, 6) is -1.01. The molecule has 1 fully saturated rings. The molecular weight excluding hydrogens is 354 g/mol. The largest absolute Gasteiger partial charge is 0.423 e. The van der Waals surface area contributed by atoms with Crippen LogP contribution in [0.2, 0.25) is 0 Å². The van der Waals surface area contributed by atoms with Crippen molar-refractivity contribution in [2.75, 3.05) is 4.90 Å². The van der Waals surface area contributed by atoms with Gasteiger partial charge in [-0.05, 0) is 62.1 Å². The number of carbonyl (C=O) groups is 3. The average molecular weight is 375 g/mol. The fourth-order valence-electron chi connectivity index (χ4n) is 3.82. The smallest absolute Gasteiger partial charge is 0.343 e. The Morgan fingerprint density at radius 3 is 2.29 bits per heavy atom. The Hall–Kier alpha value is -3.21. The lowest BCUT2D eigenvalue weighted by Gasteiger charge is -2.16. The number of imide groups is 1. The highest BCUT2D eigenvalue weighted by Crippen LogP contribution is 2.37. The van der Waals surface area contributed by atoms with Crippen LogP contribution in [0.4, 0.5) is 5.69 Å². The fourth-order valence-corrected chi connectivity index (χ4v) is 3.82. The number of hydrogen-bond donors (Lipinski definition) is 0. The van der Waals surface area contributed by atoms with Crippen molar-refractivity contribution in [1.29, 1.82) is 0 Å². The molecule has 1 heterocycles. The van der Waals surface area contributed by atoms with Crippen LogP contribution in [0.1, 0.15) is 34.3 Å². The van der Waals surface area contributed by atoms with Gasteiger partial charge in [-0.25, -0.2) is 4.79 Å². The molecule has 5 heteroatoms. The summed E-state index contributed by atoms with van der Waals surface area (Å²) in [6.45, 7) is 3.85. The van der Waals surface area contributed by atoms with Gasteiger partial charge < -0.3 is 4.74 Å². The van der Waals surface area contributed by atoms with Crippen LogP contribution in [-0.4, -0.2) is 17.8 Å². The highest BCUT2D eigenvalue weighted by atomic mass is 16.5. The molecule has 2 aromatic rings. The van der Waals surface area contributed by atoms with Gasteiger partial charge in [0.25, 0.3) is 0 Å². The number of hydrogen-bond acceptors (Lipinski definition) is 4. The number of ether oxygens (including phenoxy) is 1. The molecule has 28 heavy (non-hydrogen) atoms. The van der Waals surface area contributed by atoms with Gasteiger partial charge in [0, 0.05) is 0 Å². The first-order valence-electron chi connectivity index (χ1n) is 9.38. The predicted molar refractivity (Wildman–Crippen MR) is 105 cm³/mol. The molecular formula is C23H21NO4. The van der Waals surface area contributed by atoms with Crippen LogP contribution >= 0.6 is 0 Å². The standard InChI is InChI=1S/C23H21NO4/c1-14-7-5-12-20(15(14)2)28-23(27)16-8-6-9-17(13-16)24-21(25)18-10-3-4-11-19(18)22(24)26/h3-9,12-13,18-19H,10-11H2,1-2H3/t18-,19-/m1/s1. The summed E-state index contributed by atoms with van der Waals surface area (Å²) in [6, 6.07) is 12.0. The van der Waals surface area contributed by atoms with E-state index in [4.69, 9.17) is 4.74 Å². The summed E-state index contributed by atoms with van der Waals surface area (Å²) in [7, 11) is 0. The number of amides is 2. The molecule has 0 saturated carbocycles. The number of allylic oxidation sites excluding steroid dienone is 2. The Bertz CT molecular complexity index is 981. The van der Waals surface area contributed by atoms with Crippen molar-refractivity contribution in [3.63, 3.8) is 0 Å². The summed E-state index contributed by atoms with van der Waals surface area (Å²) in [4.78, 5) is 39.4. The number of anilines is 1. The van der Waals surface area contributed by atoms with Crippen LogP contribution in [0.3, 0.4) is 0 Å². The van der Waals surface area contributed by atoms with Crippen LogP contribution in [0.15, 0.2) is 54.6 Å². The maximum atomic E-state index is 12.8. The minimum atomic E-state index is -0.520. The second kappa shape index (κ2) is 7.08. The molecule has 2 amide bonds. The topological polar surface area (TPSA) is 63.7 Å². The van der Waals surface area contributed by atoms with E-state index in [1.165, 1.54) is 4.90 Å². The van der Waals surface area contributed by atoms with Crippen LogP contribution in [0, 0.1) is 25.7 Å². The van der Waals surface area contributed by atoms with E-state index in [1.54, 1.807) is 30.3 Å². The summed E-state index contributed by atoms with van der Waals surface area (Å²) >= 11 is 0. The zero-order valence-electron chi connectivity index (χ0n) is 15.8. The molecule has 142 valence electrons.